The zero-order valence-electron chi connectivity index (χ0n) is 26.2. The van der Waals surface area contributed by atoms with E-state index in [9.17, 15) is 18.0 Å². The van der Waals surface area contributed by atoms with Crippen LogP contribution in [0.3, 0.4) is 0 Å². The highest BCUT2D eigenvalue weighted by atomic mass is 32.2. The summed E-state index contributed by atoms with van der Waals surface area (Å²) in [6, 6.07) is 14.4. The first kappa shape index (κ1) is 31.4. The van der Waals surface area contributed by atoms with Crippen molar-refractivity contribution in [1.82, 2.24) is 10.2 Å². The van der Waals surface area contributed by atoms with Crippen LogP contribution in [0.2, 0.25) is 0 Å². The van der Waals surface area contributed by atoms with Crippen molar-refractivity contribution in [3.05, 3.63) is 59.7 Å². The number of nitrogens with one attached hydrogen (secondary N) is 1. The van der Waals surface area contributed by atoms with Crippen LogP contribution < -0.4 is 14.4 Å². The van der Waals surface area contributed by atoms with Gasteiger partial charge in [0.05, 0.1) is 19.1 Å². The summed E-state index contributed by atoms with van der Waals surface area (Å²) in [4.78, 5) is 28.7. The van der Waals surface area contributed by atoms with Crippen molar-refractivity contribution in [2.75, 3.05) is 24.2 Å². The highest BCUT2D eigenvalue weighted by Gasteiger charge is 2.51. The number of carbonyl (C=O) groups excluding carboxylic acids is 2. The van der Waals surface area contributed by atoms with Gasteiger partial charge in [0.25, 0.3) is 0 Å². The van der Waals surface area contributed by atoms with Gasteiger partial charge in [-0.2, -0.15) is 0 Å². The maximum Gasteiger partial charge on any atom is 0.244 e. The lowest BCUT2D eigenvalue weighted by molar-refractivity contribution is -0.140. The Bertz CT molecular complexity index is 1370. The van der Waals surface area contributed by atoms with E-state index in [0.29, 0.717) is 17.9 Å². The first-order valence-electron chi connectivity index (χ1n) is 15.7. The summed E-state index contributed by atoms with van der Waals surface area (Å²) in [6.07, 6.45) is 9.28. The summed E-state index contributed by atoms with van der Waals surface area (Å²) in [5.74, 6) is 2.43. The minimum Gasteiger partial charge on any atom is -0.497 e. The number of ether oxygens (including phenoxy) is 1. The van der Waals surface area contributed by atoms with Gasteiger partial charge < -0.3 is 15.0 Å². The largest absolute Gasteiger partial charge is 0.497 e. The maximum atomic E-state index is 14.0. The molecule has 1 atom stereocenters. The van der Waals surface area contributed by atoms with Crippen LogP contribution >= 0.6 is 0 Å². The van der Waals surface area contributed by atoms with Gasteiger partial charge in [0.15, 0.2) is 0 Å². The molecule has 4 bridgehead atoms. The molecule has 0 unspecified atom stereocenters. The molecule has 2 aromatic carbocycles. The van der Waals surface area contributed by atoms with Gasteiger partial charge in [-0.15, -0.1) is 0 Å². The van der Waals surface area contributed by atoms with Crippen molar-refractivity contribution < 1.29 is 22.7 Å². The first-order chi connectivity index (χ1) is 20.4. The fourth-order valence-corrected chi connectivity index (χ4v) is 9.14. The Hall–Kier alpha value is -3.07. The van der Waals surface area contributed by atoms with Gasteiger partial charge in [0.1, 0.15) is 18.3 Å². The van der Waals surface area contributed by atoms with E-state index in [1.165, 1.54) is 53.3 Å². The van der Waals surface area contributed by atoms with E-state index in [-0.39, 0.29) is 23.9 Å². The minimum absolute atomic E-state index is 0.0977. The second-order valence-electron chi connectivity index (χ2n) is 13.5. The number of hydrogen-bond donors (Lipinski definition) is 1. The molecule has 0 radical (unpaired) electrons. The lowest BCUT2D eigenvalue weighted by Gasteiger charge is -2.57. The molecule has 4 fully saturated rings. The highest BCUT2D eigenvalue weighted by molar-refractivity contribution is 7.92. The average molecular weight is 610 g/mol. The van der Waals surface area contributed by atoms with Gasteiger partial charge in [0.2, 0.25) is 21.8 Å². The Morgan fingerprint density at radius 2 is 1.51 bits per heavy atom. The topological polar surface area (TPSA) is 96.0 Å². The second kappa shape index (κ2) is 12.5. The van der Waals surface area contributed by atoms with Crippen molar-refractivity contribution in [2.24, 2.45) is 17.8 Å². The third-order valence-corrected chi connectivity index (χ3v) is 11.0. The fourth-order valence-electron chi connectivity index (χ4n) is 8.29. The van der Waals surface area contributed by atoms with Crippen LogP contribution in [0.4, 0.5) is 5.69 Å². The summed E-state index contributed by atoms with van der Waals surface area (Å²) in [6.45, 7) is 5.38. The van der Waals surface area contributed by atoms with E-state index in [2.05, 4.69) is 17.4 Å². The summed E-state index contributed by atoms with van der Waals surface area (Å²) >= 11 is 0. The Morgan fingerprint density at radius 1 is 0.953 bits per heavy atom. The Balaban J connectivity index is 1.40. The van der Waals surface area contributed by atoms with E-state index >= 15 is 0 Å². The van der Waals surface area contributed by atoms with Crippen molar-refractivity contribution in [2.45, 2.75) is 89.8 Å². The molecule has 0 saturated heterocycles. The predicted molar refractivity (Wildman–Crippen MR) is 169 cm³/mol. The van der Waals surface area contributed by atoms with E-state index in [0.717, 1.165) is 29.6 Å². The normalized spacial score (nSPS) is 24.9. The van der Waals surface area contributed by atoms with E-state index in [4.69, 9.17) is 4.74 Å². The molecule has 6 rings (SSSR count). The number of carbonyl (C=O) groups is 2. The number of sulfonamides is 1. The molecule has 2 aromatic rings. The van der Waals surface area contributed by atoms with Crippen LogP contribution in [-0.4, -0.2) is 57.1 Å². The van der Waals surface area contributed by atoms with E-state index in [1.54, 1.807) is 19.2 Å². The van der Waals surface area contributed by atoms with Crippen LogP contribution in [0, 0.1) is 17.8 Å². The van der Waals surface area contributed by atoms with Crippen LogP contribution in [0.5, 0.6) is 5.75 Å². The summed E-state index contributed by atoms with van der Waals surface area (Å²) < 4.78 is 32.7. The number of benzene rings is 2. The molecule has 4 aliphatic carbocycles. The van der Waals surface area contributed by atoms with Crippen molar-refractivity contribution in [3.63, 3.8) is 0 Å². The standard InChI is InChI=1S/C34H47N3O5S/c1-6-31(33(39)35-23(2)3)36(21-24-7-13-30(42-4)14-8-24)32(38)22-37(43(5,40)41)29-11-9-28(10-12-29)34-18-25-15-26(19-34)17-27(16-25)20-34/h7-14,23,25-27,31H,6,15-22H2,1-5H3,(H,35,39)/t25?,26?,27?,31-,34?/m0/s1. The Morgan fingerprint density at radius 3 is 1.98 bits per heavy atom. The molecule has 4 saturated carbocycles. The molecule has 0 heterocycles. The quantitative estimate of drug-likeness (QED) is 0.354. The van der Waals surface area contributed by atoms with Gasteiger partial charge in [-0.25, -0.2) is 8.42 Å². The second-order valence-corrected chi connectivity index (χ2v) is 15.4. The third kappa shape index (κ3) is 6.87. The van der Waals surface area contributed by atoms with Gasteiger partial charge in [-0.05, 0) is 117 Å². The molecular formula is C34H47N3O5S. The van der Waals surface area contributed by atoms with Crippen LogP contribution in [-0.2, 0) is 31.6 Å². The van der Waals surface area contributed by atoms with Crippen molar-refractivity contribution in [1.29, 1.82) is 0 Å². The Kier molecular flexibility index (Phi) is 9.12. The molecule has 9 heteroatoms. The summed E-state index contributed by atoms with van der Waals surface area (Å²) in [5, 5.41) is 2.92. The van der Waals surface area contributed by atoms with E-state index in [1.807, 2.05) is 45.0 Å². The van der Waals surface area contributed by atoms with Crippen LogP contribution in [0.15, 0.2) is 48.5 Å². The number of amides is 2. The molecule has 0 aliphatic heterocycles. The zero-order valence-corrected chi connectivity index (χ0v) is 27.0. The number of hydrogen-bond acceptors (Lipinski definition) is 5. The molecule has 8 nitrogen and oxygen atoms in total. The zero-order chi connectivity index (χ0) is 30.9. The third-order valence-electron chi connectivity index (χ3n) is 9.81. The first-order valence-corrected chi connectivity index (χ1v) is 17.6. The fraction of sp³-hybridized carbons (Fsp3) is 0.588. The maximum absolute atomic E-state index is 14.0. The number of rotatable bonds is 12. The number of nitrogens with zero attached hydrogens (tertiary/aromatic N) is 2. The molecular weight excluding hydrogens is 562 g/mol. The molecule has 43 heavy (non-hydrogen) atoms. The monoisotopic (exact) mass is 609 g/mol. The smallest absolute Gasteiger partial charge is 0.244 e. The molecule has 0 aromatic heterocycles. The van der Waals surface area contributed by atoms with Crippen molar-refractivity contribution >= 4 is 27.5 Å². The molecule has 1 N–H and O–H groups in total. The summed E-state index contributed by atoms with van der Waals surface area (Å²) in [5.41, 5.74) is 2.78. The van der Waals surface area contributed by atoms with Crippen LogP contribution in [0.1, 0.15) is 76.8 Å². The molecule has 4 aliphatic rings. The Labute approximate surface area is 257 Å². The van der Waals surface area contributed by atoms with E-state index < -0.39 is 28.5 Å². The molecule has 0 spiro atoms. The van der Waals surface area contributed by atoms with Gasteiger partial charge in [-0.3, -0.25) is 13.9 Å². The van der Waals surface area contributed by atoms with Crippen molar-refractivity contribution in [3.8, 4) is 5.75 Å². The van der Waals surface area contributed by atoms with Gasteiger partial charge in [-0.1, -0.05) is 31.2 Å². The highest BCUT2D eigenvalue weighted by Crippen LogP contribution is 2.60. The SMILES string of the molecule is CC[C@@H](C(=O)NC(C)C)N(Cc1ccc(OC)cc1)C(=O)CN(c1ccc(C23CC4CC(CC(C4)C2)C3)cc1)S(C)(=O)=O. The number of anilines is 1. The molecule has 2 amide bonds. The van der Waals surface area contributed by atoms with Gasteiger partial charge >= 0.3 is 0 Å². The van der Waals surface area contributed by atoms with Gasteiger partial charge in [0, 0.05) is 12.6 Å². The minimum atomic E-state index is -3.79. The lowest BCUT2D eigenvalue weighted by Crippen LogP contribution is -2.53. The molecule has 234 valence electrons. The summed E-state index contributed by atoms with van der Waals surface area (Å²) in [7, 11) is -2.20. The predicted octanol–water partition coefficient (Wildman–Crippen LogP) is 5.26. The number of methoxy groups -OCH3 is 1. The average Bonchev–Trinajstić information content (AvgIpc) is 2.94. The van der Waals surface area contributed by atoms with Crippen LogP contribution in [0.25, 0.3) is 0 Å². The lowest BCUT2D eigenvalue weighted by atomic mass is 9.48.